The van der Waals surface area contributed by atoms with Crippen molar-refractivity contribution >= 4 is 5.97 Å². The van der Waals surface area contributed by atoms with Crippen molar-refractivity contribution in [3.8, 4) is 0 Å². The van der Waals surface area contributed by atoms with Gasteiger partial charge in [-0.15, -0.1) is 0 Å². The molecule has 0 amide bonds. The number of carbonyl (C=O) groups is 1. The quantitative estimate of drug-likeness (QED) is 0.402. The van der Waals surface area contributed by atoms with Gasteiger partial charge in [-0.1, -0.05) is 25.0 Å². The summed E-state index contributed by atoms with van der Waals surface area (Å²) in [5, 5.41) is 0. The van der Waals surface area contributed by atoms with Gasteiger partial charge in [-0.25, -0.2) is 0 Å². The van der Waals surface area contributed by atoms with Crippen molar-refractivity contribution in [2.45, 2.75) is 63.9 Å². The number of hydrogen-bond acceptors (Lipinski definition) is 3. The average Bonchev–Trinajstić information content (AvgIpc) is 2.33. The lowest BCUT2D eigenvalue weighted by molar-refractivity contribution is -0.153. The van der Waals surface area contributed by atoms with Crippen LogP contribution in [0, 0.1) is 0 Å². The standard InChI is InChI=1S/C14H25NO2/c15-12-7-5-3-1-2-4-6-9-13-10-8-11-14(16)17-13/h4,6,13H,1-3,5,7-12,15H2/b6-4-. The SMILES string of the molecule is NCCCCCC/C=C\CC1CCCC(=O)O1. The molecule has 0 bridgehead atoms. The van der Waals surface area contributed by atoms with Crippen molar-refractivity contribution in [1.82, 2.24) is 0 Å². The predicted molar refractivity (Wildman–Crippen MR) is 69.6 cm³/mol. The fourth-order valence-corrected chi connectivity index (χ4v) is 2.07. The lowest BCUT2D eigenvalue weighted by Crippen LogP contribution is -2.22. The highest BCUT2D eigenvalue weighted by molar-refractivity contribution is 5.70. The Labute approximate surface area is 104 Å². The molecule has 1 unspecified atom stereocenters. The number of esters is 1. The van der Waals surface area contributed by atoms with E-state index >= 15 is 0 Å². The van der Waals surface area contributed by atoms with E-state index < -0.39 is 0 Å². The van der Waals surface area contributed by atoms with Crippen molar-refractivity contribution < 1.29 is 9.53 Å². The maximum absolute atomic E-state index is 11.1. The molecule has 1 heterocycles. The summed E-state index contributed by atoms with van der Waals surface area (Å²) in [6.45, 7) is 0.808. The third kappa shape index (κ3) is 7.16. The fraction of sp³-hybridized carbons (Fsp3) is 0.786. The molecule has 1 fully saturated rings. The van der Waals surface area contributed by atoms with Gasteiger partial charge in [-0.2, -0.15) is 0 Å². The van der Waals surface area contributed by atoms with Crippen molar-refractivity contribution in [1.29, 1.82) is 0 Å². The van der Waals surface area contributed by atoms with Crippen LogP contribution in [-0.2, 0) is 9.53 Å². The zero-order valence-electron chi connectivity index (χ0n) is 10.7. The highest BCUT2D eigenvalue weighted by Crippen LogP contribution is 2.17. The summed E-state index contributed by atoms with van der Waals surface area (Å²) in [4.78, 5) is 11.1. The first-order valence-corrected chi connectivity index (χ1v) is 6.87. The summed E-state index contributed by atoms with van der Waals surface area (Å²) in [5.41, 5.74) is 5.43. The maximum Gasteiger partial charge on any atom is 0.306 e. The van der Waals surface area contributed by atoms with Crippen LogP contribution in [0.5, 0.6) is 0 Å². The second kappa shape index (κ2) is 9.23. The van der Waals surface area contributed by atoms with Gasteiger partial charge in [0, 0.05) is 12.8 Å². The summed E-state index contributed by atoms with van der Waals surface area (Å²) in [7, 11) is 0. The minimum atomic E-state index is -0.0311. The molecule has 0 aromatic heterocycles. The lowest BCUT2D eigenvalue weighted by atomic mass is 10.1. The number of allylic oxidation sites excluding steroid dienone is 1. The molecule has 1 aliphatic heterocycles. The topological polar surface area (TPSA) is 52.3 Å². The normalized spacial score (nSPS) is 20.8. The van der Waals surface area contributed by atoms with E-state index in [1.807, 2.05) is 0 Å². The average molecular weight is 239 g/mol. The van der Waals surface area contributed by atoms with Crippen LogP contribution in [0.3, 0.4) is 0 Å². The molecule has 2 N–H and O–H groups in total. The molecule has 3 nitrogen and oxygen atoms in total. The van der Waals surface area contributed by atoms with Gasteiger partial charge in [0.15, 0.2) is 0 Å². The van der Waals surface area contributed by atoms with Crippen LogP contribution in [0.4, 0.5) is 0 Å². The van der Waals surface area contributed by atoms with Gasteiger partial charge in [-0.3, -0.25) is 4.79 Å². The smallest absolute Gasteiger partial charge is 0.306 e. The summed E-state index contributed by atoms with van der Waals surface area (Å²) in [6, 6.07) is 0. The molecular formula is C14H25NO2. The van der Waals surface area contributed by atoms with E-state index in [2.05, 4.69) is 12.2 Å². The Morgan fingerprint density at radius 2 is 2.06 bits per heavy atom. The molecular weight excluding hydrogens is 214 g/mol. The van der Waals surface area contributed by atoms with Gasteiger partial charge in [-0.05, 0) is 38.6 Å². The molecule has 1 atom stereocenters. The highest BCUT2D eigenvalue weighted by Gasteiger charge is 2.18. The predicted octanol–water partition coefficient (Wildman–Crippen LogP) is 2.94. The van der Waals surface area contributed by atoms with E-state index in [4.69, 9.17) is 10.5 Å². The second-order valence-corrected chi connectivity index (χ2v) is 4.70. The molecule has 0 spiro atoms. The molecule has 17 heavy (non-hydrogen) atoms. The van der Waals surface area contributed by atoms with Gasteiger partial charge >= 0.3 is 5.97 Å². The van der Waals surface area contributed by atoms with E-state index in [1.54, 1.807) is 0 Å². The van der Waals surface area contributed by atoms with Crippen LogP contribution in [0.2, 0.25) is 0 Å². The Kier molecular flexibility index (Phi) is 7.72. The largest absolute Gasteiger partial charge is 0.462 e. The highest BCUT2D eigenvalue weighted by atomic mass is 16.5. The van der Waals surface area contributed by atoms with Crippen molar-refractivity contribution in [2.75, 3.05) is 6.54 Å². The van der Waals surface area contributed by atoms with E-state index in [9.17, 15) is 4.79 Å². The monoisotopic (exact) mass is 239 g/mol. The number of rotatable bonds is 8. The first-order chi connectivity index (χ1) is 8.33. The molecule has 0 saturated carbocycles. The maximum atomic E-state index is 11.1. The molecule has 1 saturated heterocycles. The Morgan fingerprint density at radius 1 is 1.24 bits per heavy atom. The van der Waals surface area contributed by atoms with Gasteiger partial charge in [0.05, 0.1) is 0 Å². The number of carbonyl (C=O) groups excluding carboxylic acids is 1. The van der Waals surface area contributed by atoms with Gasteiger partial charge < -0.3 is 10.5 Å². The second-order valence-electron chi connectivity index (χ2n) is 4.70. The zero-order valence-corrected chi connectivity index (χ0v) is 10.7. The Morgan fingerprint density at radius 3 is 2.82 bits per heavy atom. The van der Waals surface area contributed by atoms with Crippen molar-refractivity contribution in [3.63, 3.8) is 0 Å². The molecule has 98 valence electrons. The van der Waals surface area contributed by atoms with E-state index in [1.165, 1.54) is 19.3 Å². The molecule has 1 aliphatic rings. The molecule has 0 aromatic rings. The van der Waals surface area contributed by atoms with Crippen LogP contribution in [0.1, 0.15) is 57.8 Å². The summed E-state index contributed by atoms with van der Waals surface area (Å²) in [5.74, 6) is -0.0311. The first kappa shape index (κ1) is 14.2. The van der Waals surface area contributed by atoms with Crippen LogP contribution in [0.25, 0.3) is 0 Å². The Bertz CT molecular complexity index is 238. The Balaban J connectivity index is 1.96. The lowest BCUT2D eigenvalue weighted by Gasteiger charge is -2.20. The number of cyclic esters (lactones) is 1. The number of unbranched alkanes of at least 4 members (excludes halogenated alkanes) is 4. The molecule has 0 aromatic carbocycles. The van der Waals surface area contributed by atoms with Gasteiger partial charge in [0.25, 0.3) is 0 Å². The number of ether oxygens (including phenoxy) is 1. The van der Waals surface area contributed by atoms with E-state index in [0.717, 1.165) is 38.6 Å². The summed E-state index contributed by atoms with van der Waals surface area (Å²) in [6.07, 6.45) is 14.0. The number of nitrogens with two attached hydrogens (primary N) is 1. The van der Waals surface area contributed by atoms with Crippen LogP contribution in [-0.4, -0.2) is 18.6 Å². The minimum Gasteiger partial charge on any atom is -0.462 e. The Hall–Kier alpha value is -0.830. The third-order valence-electron chi connectivity index (χ3n) is 3.10. The molecule has 1 rings (SSSR count). The van der Waals surface area contributed by atoms with E-state index in [-0.39, 0.29) is 12.1 Å². The van der Waals surface area contributed by atoms with Crippen LogP contribution in [0.15, 0.2) is 12.2 Å². The third-order valence-corrected chi connectivity index (χ3v) is 3.10. The minimum absolute atomic E-state index is 0.0311. The van der Waals surface area contributed by atoms with Crippen molar-refractivity contribution in [3.05, 3.63) is 12.2 Å². The summed E-state index contributed by atoms with van der Waals surface area (Å²) >= 11 is 0. The van der Waals surface area contributed by atoms with Gasteiger partial charge in [0.2, 0.25) is 0 Å². The molecule has 0 radical (unpaired) electrons. The first-order valence-electron chi connectivity index (χ1n) is 6.87. The van der Waals surface area contributed by atoms with Crippen LogP contribution < -0.4 is 5.73 Å². The van der Waals surface area contributed by atoms with Crippen molar-refractivity contribution in [2.24, 2.45) is 5.73 Å². The summed E-state index contributed by atoms with van der Waals surface area (Å²) < 4.78 is 5.24. The zero-order chi connectivity index (χ0) is 12.3. The van der Waals surface area contributed by atoms with E-state index in [0.29, 0.717) is 6.42 Å². The molecule has 3 heteroatoms. The van der Waals surface area contributed by atoms with Crippen LogP contribution >= 0.6 is 0 Å². The molecule has 0 aliphatic carbocycles. The van der Waals surface area contributed by atoms with Gasteiger partial charge in [0.1, 0.15) is 6.10 Å². The fourth-order valence-electron chi connectivity index (χ4n) is 2.07. The number of hydrogen-bond donors (Lipinski definition) is 1.